The van der Waals surface area contributed by atoms with Gasteiger partial charge in [0.1, 0.15) is 5.75 Å². The number of anilines is 1. The number of methoxy groups -OCH3 is 1. The molecule has 1 aliphatic carbocycles. The molecule has 0 saturated carbocycles. The Morgan fingerprint density at radius 1 is 1.05 bits per heavy atom. The molecule has 1 aliphatic heterocycles. The number of benzene rings is 1. The Balaban J connectivity index is 0.00000195. The van der Waals surface area contributed by atoms with Gasteiger partial charge in [0.15, 0.2) is 0 Å². The Bertz CT molecular complexity index is 1400. The van der Waals surface area contributed by atoms with Crippen LogP contribution in [0.3, 0.4) is 0 Å². The summed E-state index contributed by atoms with van der Waals surface area (Å²) in [6.45, 7) is 12.7. The average Bonchev–Trinajstić information content (AvgIpc) is 3.19. The standard InChI is InChI=1S/C30H34FN3O2.C2H6/c1-23(9-10-24(2)31)13-14-32-15-17-33(18-16-32)27-19-25(20-28(21-27)36-3)22-34-29-8-6-4-5-7-26(29)11-12-30(34)35;1-2/h4-7,9-12,19-21H,13-18,22H2,1-3H3;1-2H3/b23-9+,24-10+;. The van der Waals surface area contributed by atoms with Crippen molar-refractivity contribution in [3.63, 3.8) is 0 Å². The quantitative estimate of drug-likeness (QED) is 0.482. The van der Waals surface area contributed by atoms with Crippen molar-refractivity contribution in [3.8, 4) is 5.75 Å². The van der Waals surface area contributed by atoms with E-state index < -0.39 is 0 Å². The van der Waals surface area contributed by atoms with E-state index in [1.165, 1.54) is 18.6 Å². The average molecular weight is 518 g/mol. The van der Waals surface area contributed by atoms with Gasteiger partial charge in [0.25, 0.3) is 5.56 Å². The lowest BCUT2D eigenvalue weighted by Gasteiger charge is -2.36. The van der Waals surface area contributed by atoms with E-state index in [0.29, 0.717) is 6.54 Å². The number of hydrogen-bond acceptors (Lipinski definition) is 4. The zero-order chi connectivity index (χ0) is 27.5. The fourth-order valence-corrected chi connectivity index (χ4v) is 4.51. The molecule has 5 nitrogen and oxygen atoms in total. The van der Waals surface area contributed by atoms with Crippen molar-refractivity contribution in [2.24, 2.45) is 0 Å². The van der Waals surface area contributed by atoms with Crippen LogP contribution in [0, 0.1) is 0 Å². The van der Waals surface area contributed by atoms with Gasteiger partial charge in [0, 0.05) is 55.8 Å². The highest BCUT2D eigenvalue weighted by Crippen LogP contribution is 2.25. The molecule has 0 N–H and O–H groups in total. The number of rotatable bonds is 8. The van der Waals surface area contributed by atoms with Crippen LogP contribution < -0.4 is 25.8 Å². The van der Waals surface area contributed by atoms with Crippen LogP contribution in [0.15, 0.2) is 76.9 Å². The second-order valence-electron chi connectivity index (χ2n) is 9.31. The Morgan fingerprint density at radius 2 is 1.82 bits per heavy atom. The fraction of sp³-hybridized carbons (Fsp3) is 0.375. The van der Waals surface area contributed by atoms with E-state index in [4.69, 9.17) is 4.74 Å². The van der Waals surface area contributed by atoms with Crippen molar-refractivity contribution in [1.82, 2.24) is 9.47 Å². The lowest BCUT2D eigenvalue weighted by atomic mass is 10.1. The Kier molecular flexibility index (Phi) is 11.0. The first-order valence-corrected chi connectivity index (χ1v) is 13.4. The normalized spacial score (nSPS) is 15.6. The number of allylic oxidation sites excluding steroid dienone is 6. The molecule has 1 saturated heterocycles. The van der Waals surface area contributed by atoms with Gasteiger partial charge in [-0.2, -0.15) is 0 Å². The van der Waals surface area contributed by atoms with E-state index in [1.54, 1.807) is 17.7 Å². The van der Waals surface area contributed by atoms with E-state index in [9.17, 15) is 9.18 Å². The van der Waals surface area contributed by atoms with E-state index in [2.05, 4.69) is 27.7 Å². The summed E-state index contributed by atoms with van der Waals surface area (Å²) in [6.07, 6.45) is 12.0. The minimum atomic E-state index is -0.168. The molecule has 202 valence electrons. The van der Waals surface area contributed by atoms with Gasteiger partial charge >= 0.3 is 0 Å². The molecule has 1 fully saturated rings. The summed E-state index contributed by atoms with van der Waals surface area (Å²) >= 11 is 0. The van der Waals surface area contributed by atoms with Crippen molar-refractivity contribution >= 4 is 17.5 Å². The number of piperazine rings is 1. The van der Waals surface area contributed by atoms with Crippen LogP contribution in [0.25, 0.3) is 11.8 Å². The van der Waals surface area contributed by atoms with Gasteiger partial charge in [-0.25, -0.2) is 4.39 Å². The van der Waals surface area contributed by atoms with Crippen LogP contribution >= 0.6 is 0 Å². The molecule has 0 atom stereocenters. The summed E-state index contributed by atoms with van der Waals surface area (Å²) in [5, 5.41) is 1.76. The van der Waals surface area contributed by atoms with Crippen LogP contribution in [-0.4, -0.2) is 49.3 Å². The Hall–Kier alpha value is -3.60. The monoisotopic (exact) mass is 517 g/mol. The van der Waals surface area contributed by atoms with Gasteiger partial charge in [-0.3, -0.25) is 14.3 Å². The third kappa shape index (κ3) is 7.95. The molecule has 0 radical (unpaired) electrons. The van der Waals surface area contributed by atoms with Gasteiger partial charge in [-0.05, 0) is 56.2 Å². The topological polar surface area (TPSA) is 37.7 Å². The molecule has 0 bridgehead atoms. The first-order chi connectivity index (χ1) is 18.4. The molecular weight excluding hydrogens is 477 g/mol. The van der Waals surface area contributed by atoms with Crippen molar-refractivity contribution < 1.29 is 9.13 Å². The smallest absolute Gasteiger partial charge is 0.251 e. The second-order valence-corrected chi connectivity index (χ2v) is 9.31. The van der Waals surface area contributed by atoms with E-state index in [1.807, 2.05) is 63.3 Å². The molecule has 4 rings (SSSR count). The molecule has 38 heavy (non-hydrogen) atoms. The number of pyridine rings is 1. The highest BCUT2D eigenvalue weighted by Gasteiger charge is 2.18. The highest BCUT2D eigenvalue weighted by atomic mass is 19.1. The summed E-state index contributed by atoms with van der Waals surface area (Å²) in [5.41, 5.74) is 6.49. The molecular formula is C32H40FN3O2. The van der Waals surface area contributed by atoms with Crippen LogP contribution in [0.1, 0.15) is 39.7 Å². The zero-order valence-electron chi connectivity index (χ0n) is 23.3. The van der Waals surface area contributed by atoms with E-state index in [0.717, 1.165) is 66.7 Å². The lowest BCUT2D eigenvalue weighted by molar-refractivity contribution is 0.261. The van der Waals surface area contributed by atoms with Crippen molar-refractivity contribution in [1.29, 1.82) is 0 Å². The summed E-state index contributed by atoms with van der Waals surface area (Å²) in [4.78, 5) is 17.6. The predicted octanol–water partition coefficient (Wildman–Crippen LogP) is 4.55. The van der Waals surface area contributed by atoms with E-state index in [-0.39, 0.29) is 11.4 Å². The lowest BCUT2D eigenvalue weighted by Crippen LogP contribution is -2.46. The molecule has 1 aromatic heterocycles. The molecule has 2 heterocycles. The first kappa shape index (κ1) is 29.0. The summed E-state index contributed by atoms with van der Waals surface area (Å²) in [6, 6.07) is 9.68. The molecule has 0 spiro atoms. The summed E-state index contributed by atoms with van der Waals surface area (Å²) < 4.78 is 20.3. The number of halogens is 1. The SMILES string of the molecule is CC.COc1cc(Cn2c(=O)ccc3c2=C=CC=CC=3)cc(N2CCN(CC/C(C)=C/C=C(\C)F)CC2)c1. The first-order valence-electron chi connectivity index (χ1n) is 13.4. The molecule has 0 unspecified atom stereocenters. The van der Waals surface area contributed by atoms with Gasteiger partial charge in [-0.1, -0.05) is 49.5 Å². The van der Waals surface area contributed by atoms with Crippen LogP contribution in [0.5, 0.6) is 5.75 Å². The number of aromatic nitrogens is 1. The molecule has 1 aromatic carbocycles. The molecule has 2 aromatic rings. The number of fused-ring (bicyclic) bond motifs is 1. The third-order valence-corrected chi connectivity index (χ3v) is 6.60. The van der Waals surface area contributed by atoms with Crippen LogP contribution in [0.4, 0.5) is 10.1 Å². The van der Waals surface area contributed by atoms with Crippen LogP contribution in [0.2, 0.25) is 0 Å². The Morgan fingerprint density at radius 3 is 2.53 bits per heavy atom. The fourth-order valence-electron chi connectivity index (χ4n) is 4.51. The highest BCUT2D eigenvalue weighted by molar-refractivity contribution is 5.54. The largest absolute Gasteiger partial charge is 0.497 e. The number of ether oxygens (including phenoxy) is 1. The van der Waals surface area contributed by atoms with E-state index >= 15 is 0 Å². The molecule has 2 aliphatic rings. The van der Waals surface area contributed by atoms with Gasteiger partial charge in [0.2, 0.25) is 0 Å². The maximum atomic E-state index is 12.9. The molecule has 0 amide bonds. The Labute approximate surface area is 225 Å². The summed E-state index contributed by atoms with van der Waals surface area (Å²) in [7, 11) is 1.67. The van der Waals surface area contributed by atoms with Crippen molar-refractivity contribution in [2.75, 3.05) is 44.7 Å². The predicted molar refractivity (Wildman–Crippen MR) is 157 cm³/mol. The third-order valence-electron chi connectivity index (χ3n) is 6.60. The minimum Gasteiger partial charge on any atom is -0.497 e. The summed E-state index contributed by atoms with van der Waals surface area (Å²) in [5.74, 6) is 0.614. The second kappa shape index (κ2) is 14.4. The maximum absolute atomic E-state index is 12.9. The molecule has 6 heteroatoms. The van der Waals surface area contributed by atoms with Gasteiger partial charge in [0.05, 0.1) is 24.8 Å². The van der Waals surface area contributed by atoms with Crippen molar-refractivity contribution in [3.05, 3.63) is 98.6 Å². The van der Waals surface area contributed by atoms with Crippen molar-refractivity contribution in [2.45, 2.75) is 40.7 Å². The van der Waals surface area contributed by atoms with Gasteiger partial charge in [-0.15, -0.1) is 0 Å². The zero-order valence-corrected chi connectivity index (χ0v) is 23.3. The maximum Gasteiger partial charge on any atom is 0.251 e. The van der Waals surface area contributed by atoms with Crippen LogP contribution in [-0.2, 0) is 6.54 Å². The van der Waals surface area contributed by atoms with Gasteiger partial charge < -0.3 is 9.64 Å². The number of nitrogens with zero attached hydrogens (tertiary/aromatic N) is 3. The minimum absolute atomic E-state index is 0.0514. The number of hydrogen-bond donors (Lipinski definition) is 0.